The zero-order chi connectivity index (χ0) is 19.3. The summed E-state index contributed by atoms with van der Waals surface area (Å²) in [5.74, 6) is 0.854. The molecule has 0 aliphatic carbocycles. The number of ether oxygens (including phenoxy) is 1. The number of methoxy groups -OCH3 is 1. The predicted molar refractivity (Wildman–Crippen MR) is 110 cm³/mol. The fourth-order valence-corrected chi connectivity index (χ4v) is 4.14. The molecule has 0 saturated carbocycles. The van der Waals surface area contributed by atoms with E-state index < -0.39 is 0 Å². The van der Waals surface area contributed by atoms with E-state index in [-0.39, 0.29) is 6.04 Å². The number of hydrogen-bond acceptors (Lipinski definition) is 6. The zero-order valence-electron chi connectivity index (χ0n) is 15.7. The highest BCUT2D eigenvalue weighted by Crippen LogP contribution is 2.27. The van der Waals surface area contributed by atoms with E-state index in [0.717, 1.165) is 40.9 Å². The number of aromatic nitrogens is 4. The molecule has 1 aliphatic heterocycles. The number of nitrogens with zero attached hydrogens (tertiary/aromatic N) is 4. The van der Waals surface area contributed by atoms with Crippen molar-refractivity contribution < 1.29 is 4.74 Å². The molecule has 2 N–H and O–H groups in total. The normalized spacial score (nSPS) is 19.5. The van der Waals surface area contributed by atoms with Gasteiger partial charge in [-0.3, -0.25) is 0 Å². The monoisotopic (exact) mass is 442 g/mol. The second-order valence-electron chi connectivity index (χ2n) is 6.87. The molecule has 8 heteroatoms. The first-order chi connectivity index (χ1) is 13.7. The zero-order valence-corrected chi connectivity index (χ0v) is 17.3. The van der Waals surface area contributed by atoms with E-state index in [1.165, 1.54) is 5.56 Å². The SMILES string of the molecule is COc1ccc(-n2cnnn2)cc1CNC1CCCNC1c1cccc(Br)c1. The number of hydrogen-bond donors (Lipinski definition) is 2. The Morgan fingerprint density at radius 2 is 2.21 bits per heavy atom. The molecule has 0 radical (unpaired) electrons. The van der Waals surface area contributed by atoms with Gasteiger partial charge in [-0.1, -0.05) is 28.1 Å². The molecule has 0 spiro atoms. The molecule has 28 heavy (non-hydrogen) atoms. The van der Waals surface area contributed by atoms with Gasteiger partial charge in [0.15, 0.2) is 0 Å². The first kappa shape index (κ1) is 19.0. The summed E-state index contributed by atoms with van der Waals surface area (Å²) in [7, 11) is 1.70. The summed E-state index contributed by atoms with van der Waals surface area (Å²) in [5, 5.41) is 18.8. The van der Waals surface area contributed by atoms with Gasteiger partial charge in [0.25, 0.3) is 0 Å². The van der Waals surface area contributed by atoms with Gasteiger partial charge >= 0.3 is 0 Å². The lowest BCUT2D eigenvalue weighted by atomic mass is 9.92. The van der Waals surface area contributed by atoms with Crippen LogP contribution in [0.1, 0.15) is 30.0 Å². The first-order valence-corrected chi connectivity index (χ1v) is 10.2. The second-order valence-corrected chi connectivity index (χ2v) is 7.78. The maximum absolute atomic E-state index is 5.56. The summed E-state index contributed by atoms with van der Waals surface area (Å²) in [6.45, 7) is 1.74. The van der Waals surface area contributed by atoms with Crippen LogP contribution in [0.5, 0.6) is 5.75 Å². The summed E-state index contributed by atoms with van der Waals surface area (Å²) >= 11 is 3.59. The van der Waals surface area contributed by atoms with Gasteiger partial charge in [0, 0.05) is 28.7 Å². The smallest absolute Gasteiger partial charge is 0.143 e. The van der Waals surface area contributed by atoms with E-state index in [1.807, 2.05) is 12.1 Å². The van der Waals surface area contributed by atoms with Crippen LogP contribution >= 0.6 is 15.9 Å². The first-order valence-electron chi connectivity index (χ1n) is 9.37. The van der Waals surface area contributed by atoms with Gasteiger partial charge in [0.1, 0.15) is 12.1 Å². The molecule has 4 rings (SSSR count). The summed E-state index contributed by atoms with van der Waals surface area (Å²) < 4.78 is 8.31. The Balaban J connectivity index is 1.53. The Kier molecular flexibility index (Phi) is 5.99. The van der Waals surface area contributed by atoms with Gasteiger partial charge in [0.05, 0.1) is 12.8 Å². The van der Waals surface area contributed by atoms with Crippen molar-refractivity contribution in [3.05, 3.63) is 64.4 Å². The van der Waals surface area contributed by atoms with Crippen LogP contribution in [0.15, 0.2) is 53.3 Å². The predicted octanol–water partition coefficient (Wildman–Crippen LogP) is 3.02. The summed E-state index contributed by atoms with van der Waals surface area (Å²) in [5.41, 5.74) is 3.28. The standard InChI is InChI=1S/C20H23BrN6O/c1-28-19-8-7-17(27-13-24-25-26-27)11-15(19)12-23-18-6-3-9-22-20(18)14-4-2-5-16(21)10-14/h2,4-5,7-8,10-11,13,18,20,22-23H,3,6,9,12H2,1H3. The topological polar surface area (TPSA) is 76.9 Å². The molecule has 146 valence electrons. The Morgan fingerprint density at radius 1 is 1.29 bits per heavy atom. The average molecular weight is 443 g/mol. The third kappa shape index (κ3) is 4.24. The highest BCUT2D eigenvalue weighted by atomic mass is 79.9. The lowest BCUT2D eigenvalue weighted by Gasteiger charge is -2.34. The number of rotatable bonds is 6. The molecule has 1 aliphatic rings. The van der Waals surface area contributed by atoms with E-state index in [4.69, 9.17) is 4.74 Å². The van der Waals surface area contributed by atoms with Crippen molar-refractivity contribution in [1.29, 1.82) is 0 Å². The van der Waals surface area contributed by atoms with Crippen molar-refractivity contribution in [3.63, 3.8) is 0 Å². The van der Waals surface area contributed by atoms with Crippen LogP contribution in [0.3, 0.4) is 0 Å². The van der Waals surface area contributed by atoms with Crippen LogP contribution in [0, 0.1) is 0 Å². The maximum atomic E-state index is 5.56. The van der Waals surface area contributed by atoms with Crippen LogP contribution in [0.4, 0.5) is 0 Å². The summed E-state index contributed by atoms with van der Waals surface area (Å²) in [4.78, 5) is 0. The van der Waals surface area contributed by atoms with Gasteiger partial charge in [-0.2, -0.15) is 0 Å². The van der Waals surface area contributed by atoms with Gasteiger partial charge in [0.2, 0.25) is 0 Å². The third-order valence-electron chi connectivity index (χ3n) is 5.10. The molecule has 1 saturated heterocycles. The van der Waals surface area contributed by atoms with Gasteiger partial charge in [-0.25, -0.2) is 4.68 Å². The number of halogens is 1. The largest absolute Gasteiger partial charge is 0.496 e. The van der Waals surface area contributed by atoms with Crippen molar-refractivity contribution in [2.45, 2.75) is 31.5 Å². The van der Waals surface area contributed by atoms with E-state index in [2.05, 4.69) is 72.4 Å². The van der Waals surface area contributed by atoms with E-state index >= 15 is 0 Å². The van der Waals surface area contributed by atoms with E-state index in [1.54, 1.807) is 18.1 Å². The number of benzene rings is 2. The highest BCUT2D eigenvalue weighted by molar-refractivity contribution is 9.10. The molecular formula is C20H23BrN6O. The summed E-state index contributed by atoms with van der Waals surface area (Å²) in [6.07, 6.45) is 3.87. The second kappa shape index (κ2) is 8.81. The van der Waals surface area contributed by atoms with Gasteiger partial charge in [-0.15, -0.1) is 5.10 Å². The van der Waals surface area contributed by atoms with Crippen molar-refractivity contribution >= 4 is 15.9 Å². The molecule has 2 heterocycles. The molecule has 1 fully saturated rings. The van der Waals surface area contributed by atoms with Gasteiger partial charge < -0.3 is 15.4 Å². The Bertz CT molecular complexity index is 917. The average Bonchev–Trinajstić information content (AvgIpc) is 3.27. The van der Waals surface area contributed by atoms with Gasteiger partial charge in [-0.05, 0) is 65.7 Å². The molecule has 1 aromatic heterocycles. The van der Waals surface area contributed by atoms with Crippen molar-refractivity contribution in [2.75, 3.05) is 13.7 Å². The lowest BCUT2D eigenvalue weighted by Crippen LogP contribution is -2.45. The van der Waals surface area contributed by atoms with Crippen LogP contribution in [-0.4, -0.2) is 39.9 Å². The minimum atomic E-state index is 0.278. The maximum Gasteiger partial charge on any atom is 0.143 e. The molecule has 2 aromatic carbocycles. The van der Waals surface area contributed by atoms with Crippen LogP contribution in [-0.2, 0) is 6.54 Å². The Labute approximate surface area is 172 Å². The molecule has 0 amide bonds. The van der Waals surface area contributed by atoms with Crippen molar-refractivity contribution in [2.24, 2.45) is 0 Å². The minimum absolute atomic E-state index is 0.278. The number of nitrogens with one attached hydrogen (secondary N) is 2. The van der Waals surface area contributed by atoms with Crippen molar-refractivity contribution in [3.8, 4) is 11.4 Å². The minimum Gasteiger partial charge on any atom is -0.496 e. The lowest BCUT2D eigenvalue weighted by molar-refractivity contribution is 0.302. The summed E-state index contributed by atoms with van der Waals surface area (Å²) in [6, 6.07) is 15.1. The Morgan fingerprint density at radius 3 is 3.00 bits per heavy atom. The quantitative estimate of drug-likeness (QED) is 0.610. The van der Waals surface area contributed by atoms with Crippen LogP contribution in [0.25, 0.3) is 5.69 Å². The molecule has 7 nitrogen and oxygen atoms in total. The van der Waals surface area contributed by atoms with Crippen molar-refractivity contribution in [1.82, 2.24) is 30.8 Å². The van der Waals surface area contributed by atoms with Crippen LogP contribution in [0.2, 0.25) is 0 Å². The van der Waals surface area contributed by atoms with E-state index in [9.17, 15) is 0 Å². The molecule has 2 unspecified atom stereocenters. The fourth-order valence-electron chi connectivity index (χ4n) is 3.72. The molecular weight excluding hydrogens is 420 g/mol. The Hall–Kier alpha value is -2.29. The number of tetrazole rings is 1. The van der Waals surface area contributed by atoms with E-state index in [0.29, 0.717) is 12.6 Å². The third-order valence-corrected chi connectivity index (χ3v) is 5.59. The van der Waals surface area contributed by atoms with Crippen LogP contribution < -0.4 is 15.4 Å². The molecule has 3 aromatic rings. The molecule has 2 atom stereocenters. The molecule has 0 bridgehead atoms. The number of piperidine rings is 1. The highest BCUT2D eigenvalue weighted by Gasteiger charge is 2.26. The fraction of sp³-hybridized carbons (Fsp3) is 0.350.